The molecular weight excluding hydrogens is 486 g/mol. The van der Waals surface area contributed by atoms with Crippen molar-refractivity contribution in [2.75, 3.05) is 31.1 Å². The van der Waals surface area contributed by atoms with Crippen LogP contribution in [0.2, 0.25) is 0 Å². The van der Waals surface area contributed by atoms with E-state index in [1.807, 2.05) is 56.8 Å². The average Bonchev–Trinajstić information content (AvgIpc) is 3.57. The summed E-state index contributed by atoms with van der Waals surface area (Å²) in [6.07, 6.45) is 16.3. The van der Waals surface area contributed by atoms with Gasteiger partial charge >= 0.3 is 0 Å². The molecule has 1 aliphatic rings. The standard InChI is InChI=1S/C30H29N9/c1-5-23-6-8-27(32-16-23)21-38-10-12-39(13-11-38)29-9-7-24(17-33-29)28(30-25(15-31)18-35-37(30)4)14-22(2)26-19-34-36(3)20-26/h1,6-9,14,16-20H,2,10-13,21H2,3-4H3/b28-14-. The highest BCUT2D eigenvalue weighted by Gasteiger charge is 2.20. The lowest BCUT2D eigenvalue weighted by molar-refractivity contribution is 0.246. The molecule has 5 heterocycles. The molecule has 0 unspecified atom stereocenters. The van der Waals surface area contributed by atoms with Crippen LogP contribution in [0, 0.1) is 23.7 Å². The SMILES string of the molecule is C#Cc1ccc(CN2CCN(c3ccc(/C(=C/C(=C)c4cnn(C)c4)c4c(C#N)cnn4C)cn3)CC2)nc1. The largest absolute Gasteiger partial charge is 0.354 e. The highest BCUT2D eigenvalue weighted by molar-refractivity contribution is 5.90. The van der Waals surface area contributed by atoms with Crippen molar-refractivity contribution in [2.24, 2.45) is 14.1 Å². The molecule has 0 atom stereocenters. The Labute approximate surface area is 228 Å². The first kappa shape index (κ1) is 25.7. The summed E-state index contributed by atoms with van der Waals surface area (Å²) in [5.74, 6) is 3.53. The first-order chi connectivity index (χ1) is 18.9. The fourth-order valence-electron chi connectivity index (χ4n) is 4.67. The van der Waals surface area contributed by atoms with Gasteiger partial charge in [0.15, 0.2) is 0 Å². The van der Waals surface area contributed by atoms with Gasteiger partial charge in [0, 0.05) is 87.7 Å². The number of aryl methyl sites for hydroxylation is 2. The van der Waals surface area contributed by atoms with E-state index in [4.69, 9.17) is 11.4 Å². The van der Waals surface area contributed by atoms with Crippen molar-refractivity contribution in [3.63, 3.8) is 0 Å². The maximum Gasteiger partial charge on any atom is 0.128 e. The molecule has 4 aromatic rings. The Morgan fingerprint density at radius 2 is 1.82 bits per heavy atom. The van der Waals surface area contributed by atoms with Crippen LogP contribution in [0.5, 0.6) is 0 Å². The van der Waals surface area contributed by atoms with Crippen LogP contribution in [-0.4, -0.2) is 60.6 Å². The van der Waals surface area contributed by atoms with Crippen molar-refractivity contribution < 1.29 is 0 Å². The molecule has 39 heavy (non-hydrogen) atoms. The Morgan fingerprint density at radius 3 is 2.44 bits per heavy atom. The number of aromatic nitrogens is 6. The molecule has 1 saturated heterocycles. The fourth-order valence-corrected chi connectivity index (χ4v) is 4.67. The monoisotopic (exact) mass is 515 g/mol. The first-order valence-corrected chi connectivity index (χ1v) is 12.6. The fraction of sp³-hybridized carbons (Fsp3) is 0.233. The van der Waals surface area contributed by atoms with Gasteiger partial charge in [-0.05, 0) is 35.9 Å². The highest BCUT2D eigenvalue weighted by Crippen LogP contribution is 2.30. The molecule has 0 amide bonds. The summed E-state index contributed by atoms with van der Waals surface area (Å²) in [6.45, 7) is 8.62. The van der Waals surface area contributed by atoms with Gasteiger partial charge in [-0.1, -0.05) is 12.5 Å². The lowest BCUT2D eigenvalue weighted by Gasteiger charge is -2.35. The summed E-state index contributed by atoms with van der Waals surface area (Å²) in [5.41, 5.74) is 6.42. The van der Waals surface area contributed by atoms with Gasteiger partial charge in [-0.3, -0.25) is 19.2 Å². The molecule has 0 bridgehead atoms. The Balaban J connectivity index is 1.33. The van der Waals surface area contributed by atoms with Crippen LogP contribution in [0.4, 0.5) is 5.82 Å². The van der Waals surface area contributed by atoms with Crippen LogP contribution in [0.3, 0.4) is 0 Å². The van der Waals surface area contributed by atoms with E-state index < -0.39 is 0 Å². The van der Waals surface area contributed by atoms with Gasteiger partial charge < -0.3 is 4.90 Å². The van der Waals surface area contributed by atoms with Crippen molar-refractivity contribution in [2.45, 2.75) is 6.54 Å². The number of allylic oxidation sites excluding steroid dienone is 2. The lowest BCUT2D eigenvalue weighted by Crippen LogP contribution is -2.46. The third-order valence-corrected chi connectivity index (χ3v) is 6.84. The summed E-state index contributed by atoms with van der Waals surface area (Å²) in [6, 6.07) is 10.3. The summed E-state index contributed by atoms with van der Waals surface area (Å²) >= 11 is 0. The number of hydrogen-bond donors (Lipinski definition) is 0. The predicted molar refractivity (Wildman–Crippen MR) is 151 cm³/mol. The average molecular weight is 516 g/mol. The van der Waals surface area contributed by atoms with Gasteiger partial charge in [0.25, 0.3) is 0 Å². The van der Waals surface area contributed by atoms with E-state index >= 15 is 0 Å². The van der Waals surface area contributed by atoms with Gasteiger partial charge in [-0.2, -0.15) is 15.5 Å². The summed E-state index contributed by atoms with van der Waals surface area (Å²) in [4.78, 5) is 14.0. The number of anilines is 1. The molecule has 9 heteroatoms. The molecule has 0 N–H and O–H groups in total. The van der Waals surface area contributed by atoms with Gasteiger partial charge in [-0.25, -0.2) is 4.98 Å². The van der Waals surface area contributed by atoms with Crippen LogP contribution in [0.1, 0.15) is 33.6 Å². The zero-order valence-corrected chi connectivity index (χ0v) is 22.1. The minimum Gasteiger partial charge on any atom is -0.354 e. The molecule has 0 aliphatic carbocycles. The van der Waals surface area contributed by atoms with Crippen LogP contribution >= 0.6 is 0 Å². The van der Waals surface area contributed by atoms with Crippen molar-refractivity contribution in [1.29, 1.82) is 5.26 Å². The zero-order chi connectivity index (χ0) is 27.4. The summed E-state index contributed by atoms with van der Waals surface area (Å²) in [5, 5.41) is 18.3. The highest BCUT2D eigenvalue weighted by atomic mass is 15.3. The maximum atomic E-state index is 9.73. The van der Waals surface area contributed by atoms with Gasteiger partial charge in [0.2, 0.25) is 0 Å². The molecule has 0 spiro atoms. The molecule has 4 aromatic heterocycles. The molecule has 1 aliphatic heterocycles. The van der Waals surface area contributed by atoms with Crippen molar-refractivity contribution in [3.05, 3.63) is 102 Å². The van der Waals surface area contributed by atoms with E-state index in [0.29, 0.717) is 5.56 Å². The second-order valence-electron chi connectivity index (χ2n) is 9.48. The normalized spacial score (nSPS) is 14.2. The second kappa shape index (κ2) is 11.2. The number of nitrogens with zero attached hydrogens (tertiary/aromatic N) is 9. The minimum atomic E-state index is 0.492. The molecule has 1 fully saturated rings. The maximum absolute atomic E-state index is 9.73. The third kappa shape index (κ3) is 5.64. The number of nitriles is 1. The van der Waals surface area contributed by atoms with Gasteiger partial charge in [0.05, 0.1) is 29.3 Å². The predicted octanol–water partition coefficient (Wildman–Crippen LogP) is 3.26. The quantitative estimate of drug-likeness (QED) is 0.276. The van der Waals surface area contributed by atoms with Gasteiger partial charge in [-0.15, -0.1) is 6.42 Å². The van der Waals surface area contributed by atoms with Crippen molar-refractivity contribution in [1.82, 2.24) is 34.4 Å². The molecule has 0 saturated carbocycles. The molecule has 194 valence electrons. The number of pyridine rings is 2. The van der Waals surface area contributed by atoms with E-state index in [9.17, 15) is 5.26 Å². The van der Waals surface area contributed by atoms with E-state index in [1.54, 1.807) is 28.0 Å². The molecular formula is C30H29N9. The summed E-state index contributed by atoms with van der Waals surface area (Å²) < 4.78 is 3.45. The van der Waals surface area contributed by atoms with Crippen LogP contribution in [0.15, 0.2) is 67.9 Å². The molecule has 0 radical (unpaired) electrons. The zero-order valence-electron chi connectivity index (χ0n) is 22.1. The first-order valence-electron chi connectivity index (χ1n) is 12.6. The molecule has 0 aromatic carbocycles. The summed E-state index contributed by atoms with van der Waals surface area (Å²) in [7, 11) is 3.70. The Morgan fingerprint density at radius 1 is 1.00 bits per heavy atom. The van der Waals surface area contributed by atoms with Crippen molar-refractivity contribution >= 4 is 17.0 Å². The van der Waals surface area contributed by atoms with E-state index in [-0.39, 0.29) is 0 Å². The molecule has 9 nitrogen and oxygen atoms in total. The molecule has 5 rings (SSSR count). The van der Waals surface area contributed by atoms with E-state index in [0.717, 1.165) is 77.8 Å². The Kier molecular flexibility index (Phi) is 7.35. The minimum absolute atomic E-state index is 0.492. The van der Waals surface area contributed by atoms with Crippen molar-refractivity contribution in [3.8, 4) is 18.4 Å². The van der Waals surface area contributed by atoms with Crippen LogP contribution in [0.25, 0.3) is 11.1 Å². The topological polar surface area (TPSA) is 91.7 Å². The number of terminal acetylenes is 1. The smallest absolute Gasteiger partial charge is 0.128 e. The van der Waals surface area contributed by atoms with Crippen LogP contribution in [-0.2, 0) is 20.6 Å². The third-order valence-electron chi connectivity index (χ3n) is 6.84. The van der Waals surface area contributed by atoms with E-state index in [2.05, 4.69) is 43.5 Å². The van der Waals surface area contributed by atoms with Gasteiger partial charge in [0.1, 0.15) is 11.9 Å². The lowest BCUT2D eigenvalue weighted by atomic mass is 9.97. The second-order valence-corrected chi connectivity index (χ2v) is 9.48. The number of piperazine rings is 1. The Bertz CT molecular complexity index is 1580. The Hall–Kier alpha value is -4.99. The number of rotatable bonds is 7. The van der Waals surface area contributed by atoms with Crippen LogP contribution < -0.4 is 4.90 Å². The number of hydrogen-bond acceptors (Lipinski definition) is 7. The van der Waals surface area contributed by atoms with E-state index in [1.165, 1.54) is 0 Å².